The van der Waals surface area contributed by atoms with Crippen LogP contribution in [-0.2, 0) is 15.7 Å². The second-order valence-corrected chi connectivity index (χ2v) is 10.9. The molecule has 0 spiro atoms. The number of ether oxygens (including phenoxy) is 1. The Morgan fingerprint density at radius 2 is 1.88 bits per heavy atom. The van der Waals surface area contributed by atoms with E-state index in [9.17, 15) is 22.8 Å². The third kappa shape index (κ3) is 5.56. The molecule has 0 aliphatic carbocycles. The van der Waals surface area contributed by atoms with Crippen LogP contribution in [0, 0.1) is 0 Å². The summed E-state index contributed by atoms with van der Waals surface area (Å²) in [7, 11) is 0. The number of fused-ring (bicyclic) bond motifs is 1. The van der Waals surface area contributed by atoms with E-state index in [-0.39, 0.29) is 29.1 Å². The molecule has 0 radical (unpaired) electrons. The van der Waals surface area contributed by atoms with Crippen LogP contribution >= 0.6 is 11.3 Å². The number of thiazole rings is 1. The molecule has 0 unspecified atom stereocenters. The molecule has 5 rings (SSSR count). The van der Waals surface area contributed by atoms with Gasteiger partial charge in [0.2, 0.25) is 0 Å². The van der Waals surface area contributed by atoms with Gasteiger partial charge in [0.05, 0.1) is 34.0 Å². The number of benzene rings is 2. The molecule has 2 aromatic carbocycles. The van der Waals surface area contributed by atoms with Crippen LogP contribution in [-0.4, -0.2) is 17.1 Å². The van der Waals surface area contributed by atoms with E-state index in [2.05, 4.69) is 18.8 Å². The Bertz CT molecular complexity index is 1830. The molecule has 2 aromatic heterocycles. The number of alkyl halides is 3. The SMILES string of the molecule is CCOC(=O)C1=C(C)N=c2s/c(=C\c3ccc(-c4cccc(C(F)(F)F)c4)o3)c(=O)n2[C@H]1c1ccc(C(C)C)cc1. The van der Waals surface area contributed by atoms with E-state index in [0.29, 0.717) is 26.7 Å². The highest BCUT2D eigenvalue weighted by atomic mass is 32.1. The monoisotopic (exact) mass is 580 g/mol. The number of carbonyl (C=O) groups is 1. The lowest BCUT2D eigenvalue weighted by molar-refractivity contribution is -0.139. The average Bonchev–Trinajstić information content (AvgIpc) is 3.52. The zero-order chi connectivity index (χ0) is 29.5. The van der Waals surface area contributed by atoms with Crippen LogP contribution in [0.3, 0.4) is 0 Å². The largest absolute Gasteiger partial charge is 0.463 e. The van der Waals surface area contributed by atoms with Crippen molar-refractivity contribution in [2.24, 2.45) is 4.99 Å². The van der Waals surface area contributed by atoms with Crippen LogP contribution in [0.5, 0.6) is 0 Å². The Kier molecular flexibility index (Phi) is 7.61. The smallest absolute Gasteiger partial charge is 0.416 e. The number of hydrogen-bond donors (Lipinski definition) is 0. The summed E-state index contributed by atoms with van der Waals surface area (Å²) in [6.45, 7) is 7.77. The standard InChI is InChI=1S/C31H27F3N2O4S/c1-5-39-29(38)26-18(4)35-30-36(27(26)20-11-9-19(10-12-20)17(2)3)28(37)25(41-30)16-23-13-14-24(40-23)21-7-6-8-22(15-21)31(32,33)34/h6-17,27H,5H2,1-4H3/b25-16-/t27-/m0/s1. The van der Waals surface area contributed by atoms with Crippen LogP contribution in [0.2, 0.25) is 0 Å². The number of furan rings is 1. The van der Waals surface area contributed by atoms with Crippen molar-refractivity contribution in [3.8, 4) is 11.3 Å². The Balaban J connectivity index is 1.60. The van der Waals surface area contributed by atoms with E-state index in [1.54, 1.807) is 26.0 Å². The molecule has 0 bridgehead atoms. The minimum absolute atomic E-state index is 0.172. The summed E-state index contributed by atoms with van der Waals surface area (Å²) in [5.41, 5.74) is 1.71. The first-order valence-electron chi connectivity index (χ1n) is 13.0. The first-order valence-corrected chi connectivity index (χ1v) is 13.9. The van der Waals surface area contributed by atoms with E-state index >= 15 is 0 Å². The Hall–Kier alpha value is -4.18. The van der Waals surface area contributed by atoms with Gasteiger partial charge in [-0.25, -0.2) is 9.79 Å². The van der Waals surface area contributed by atoms with Crippen molar-refractivity contribution < 1.29 is 27.1 Å². The third-order valence-electron chi connectivity index (χ3n) is 6.81. The summed E-state index contributed by atoms with van der Waals surface area (Å²) in [5, 5.41) is 0. The minimum Gasteiger partial charge on any atom is -0.463 e. The lowest BCUT2D eigenvalue weighted by Crippen LogP contribution is -2.39. The molecule has 1 aliphatic heterocycles. The summed E-state index contributed by atoms with van der Waals surface area (Å²) >= 11 is 1.14. The van der Waals surface area contributed by atoms with Gasteiger partial charge in [-0.15, -0.1) is 0 Å². The number of esters is 1. The van der Waals surface area contributed by atoms with Crippen molar-refractivity contribution in [3.63, 3.8) is 0 Å². The Morgan fingerprint density at radius 1 is 1.15 bits per heavy atom. The quantitative estimate of drug-likeness (QED) is 0.255. The first kappa shape index (κ1) is 28.4. The molecule has 41 heavy (non-hydrogen) atoms. The fraction of sp³-hybridized carbons (Fsp3) is 0.258. The second kappa shape index (κ2) is 11.0. The molecule has 10 heteroatoms. The number of nitrogens with zero attached hydrogens (tertiary/aromatic N) is 2. The zero-order valence-electron chi connectivity index (χ0n) is 22.8. The molecule has 0 saturated carbocycles. The summed E-state index contributed by atoms with van der Waals surface area (Å²) in [6, 6.07) is 15.0. The van der Waals surface area contributed by atoms with E-state index in [1.807, 2.05) is 24.3 Å². The normalized spacial score (nSPS) is 15.7. The van der Waals surface area contributed by atoms with Gasteiger partial charge in [-0.2, -0.15) is 13.2 Å². The fourth-order valence-electron chi connectivity index (χ4n) is 4.73. The maximum Gasteiger partial charge on any atom is 0.416 e. The van der Waals surface area contributed by atoms with Crippen LogP contribution in [0.4, 0.5) is 13.2 Å². The Labute approximate surface area is 237 Å². The van der Waals surface area contributed by atoms with Crippen LogP contribution in [0.25, 0.3) is 17.4 Å². The molecule has 0 saturated heterocycles. The topological polar surface area (TPSA) is 73.8 Å². The van der Waals surface area contributed by atoms with Crippen molar-refractivity contribution in [1.82, 2.24) is 4.57 Å². The lowest BCUT2D eigenvalue weighted by Gasteiger charge is -2.25. The van der Waals surface area contributed by atoms with Gasteiger partial charge in [-0.1, -0.05) is 61.6 Å². The van der Waals surface area contributed by atoms with Gasteiger partial charge >= 0.3 is 12.1 Å². The maximum absolute atomic E-state index is 13.8. The first-order chi connectivity index (χ1) is 19.5. The molecule has 6 nitrogen and oxygen atoms in total. The van der Waals surface area contributed by atoms with Gasteiger partial charge in [-0.3, -0.25) is 9.36 Å². The lowest BCUT2D eigenvalue weighted by atomic mass is 9.93. The number of aromatic nitrogens is 1. The molecular weight excluding hydrogens is 553 g/mol. The highest BCUT2D eigenvalue weighted by molar-refractivity contribution is 7.07. The number of allylic oxidation sites excluding steroid dienone is 1. The predicted octanol–water partition coefficient (Wildman–Crippen LogP) is 6.20. The number of rotatable bonds is 6. The molecule has 212 valence electrons. The highest BCUT2D eigenvalue weighted by Crippen LogP contribution is 2.33. The van der Waals surface area contributed by atoms with Crippen molar-refractivity contribution in [1.29, 1.82) is 0 Å². The Morgan fingerprint density at radius 3 is 2.54 bits per heavy atom. The fourth-order valence-corrected chi connectivity index (χ4v) is 5.76. The number of carbonyl (C=O) groups excluding carboxylic acids is 1. The van der Waals surface area contributed by atoms with E-state index in [4.69, 9.17) is 9.15 Å². The van der Waals surface area contributed by atoms with Crippen molar-refractivity contribution in [2.75, 3.05) is 6.61 Å². The summed E-state index contributed by atoms with van der Waals surface area (Å²) in [4.78, 5) is 31.8. The third-order valence-corrected chi connectivity index (χ3v) is 7.79. The minimum atomic E-state index is -4.48. The van der Waals surface area contributed by atoms with E-state index in [1.165, 1.54) is 22.8 Å². The van der Waals surface area contributed by atoms with Crippen molar-refractivity contribution in [3.05, 3.63) is 114 Å². The van der Waals surface area contributed by atoms with E-state index < -0.39 is 23.8 Å². The highest BCUT2D eigenvalue weighted by Gasteiger charge is 2.33. The van der Waals surface area contributed by atoms with Gasteiger partial charge in [0.15, 0.2) is 4.80 Å². The number of hydrogen-bond acceptors (Lipinski definition) is 6. The maximum atomic E-state index is 13.8. The van der Waals surface area contributed by atoms with Crippen LogP contribution in [0.15, 0.2) is 86.1 Å². The van der Waals surface area contributed by atoms with Crippen molar-refractivity contribution >= 4 is 23.4 Å². The molecule has 0 amide bonds. The number of halogens is 3. The van der Waals surface area contributed by atoms with Crippen LogP contribution < -0.4 is 14.9 Å². The summed E-state index contributed by atoms with van der Waals surface area (Å²) in [6.07, 6.45) is -2.95. The zero-order valence-corrected chi connectivity index (χ0v) is 23.6. The predicted molar refractivity (Wildman–Crippen MR) is 150 cm³/mol. The second-order valence-electron chi connectivity index (χ2n) is 9.90. The summed E-state index contributed by atoms with van der Waals surface area (Å²) < 4.78 is 52.5. The van der Waals surface area contributed by atoms with E-state index in [0.717, 1.165) is 34.6 Å². The molecule has 1 aliphatic rings. The van der Waals surface area contributed by atoms with Gasteiger partial charge in [-0.05, 0) is 55.2 Å². The average molecular weight is 581 g/mol. The molecular formula is C31H27F3N2O4S. The van der Waals surface area contributed by atoms with Crippen molar-refractivity contribution in [2.45, 2.75) is 45.8 Å². The molecule has 0 fully saturated rings. The molecule has 1 atom stereocenters. The van der Waals surface area contributed by atoms with Gasteiger partial charge in [0, 0.05) is 11.6 Å². The summed E-state index contributed by atoms with van der Waals surface area (Å²) in [5.74, 6) is 0.292. The molecule has 3 heterocycles. The molecule has 4 aromatic rings. The van der Waals surface area contributed by atoms with Gasteiger partial charge in [0.25, 0.3) is 5.56 Å². The molecule has 0 N–H and O–H groups in total. The van der Waals surface area contributed by atoms with Crippen LogP contribution in [0.1, 0.15) is 62.1 Å². The van der Waals surface area contributed by atoms with Gasteiger partial charge in [0.1, 0.15) is 11.5 Å². The van der Waals surface area contributed by atoms with Gasteiger partial charge < -0.3 is 9.15 Å².